The number of hydrogen-bond donors (Lipinski definition) is 2. The summed E-state index contributed by atoms with van der Waals surface area (Å²) in [6.07, 6.45) is 3.63. The van der Waals surface area contributed by atoms with Crippen molar-refractivity contribution in [1.82, 2.24) is 14.5 Å². The highest BCUT2D eigenvalue weighted by Crippen LogP contribution is 2.49. The Balaban J connectivity index is 1.56. The first-order valence-electron chi connectivity index (χ1n) is 10.8. The predicted octanol–water partition coefficient (Wildman–Crippen LogP) is 3.98. The van der Waals surface area contributed by atoms with Crippen LogP contribution in [0.5, 0.6) is 0 Å². The van der Waals surface area contributed by atoms with Crippen molar-refractivity contribution in [2.24, 2.45) is 12.5 Å². The van der Waals surface area contributed by atoms with Crippen molar-refractivity contribution in [2.75, 3.05) is 23.3 Å². The number of benzene rings is 1. The Morgan fingerprint density at radius 2 is 2.00 bits per heavy atom. The Morgan fingerprint density at radius 1 is 1.27 bits per heavy atom. The van der Waals surface area contributed by atoms with Crippen LogP contribution in [-0.2, 0) is 7.05 Å². The fourth-order valence-electron chi connectivity index (χ4n) is 4.89. The zero-order valence-electron chi connectivity index (χ0n) is 18.2. The van der Waals surface area contributed by atoms with Gasteiger partial charge in [-0.15, -0.1) is 0 Å². The molecule has 33 heavy (non-hydrogen) atoms. The van der Waals surface area contributed by atoms with Gasteiger partial charge >= 0.3 is 5.97 Å². The van der Waals surface area contributed by atoms with E-state index in [4.69, 9.17) is 16.6 Å². The van der Waals surface area contributed by atoms with Gasteiger partial charge in [-0.2, -0.15) is 0 Å². The van der Waals surface area contributed by atoms with Crippen LogP contribution in [0.2, 0.25) is 5.15 Å². The summed E-state index contributed by atoms with van der Waals surface area (Å²) in [4.78, 5) is 35.5. The number of fused-ring (bicyclic) bond motifs is 1. The average Bonchev–Trinajstić information content (AvgIpc) is 2.70. The van der Waals surface area contributed by atoms with Gasteiger partial charge in [0.05, 0.1) is 22.6 Å². The highest BCUT2D eigenvalue weighted by Gasteiger charge is 2.48. The predicted molar refractivity (Wildman–Crippen MR) is 124 cm³/mol. The molecule has 1 aliphatic carbocycles. The summed E-state index contributed by atoms with van der Waals surface area (Å²) in [7, 11) is 1.65. The van der Waals surface area contributed by atoms with E-state index in [1.54, 1.807) is 14.0 Å². The molecule has 1 aromatic carbocycles. The molecule has 0 bridgehead atoms. The molecule has 2 aliphatic rings. The van der Waals surface area contributed by atoms with Gasteiger partial charge in [0.25, 0.3) is 5.56 Å². The third kappa shape index (κ3) is 3.60. The monoisotopic (exact) mass is 471 g/mol. The molecule has 3 aromatic rings. The maximum absolute atomic E-state index is 14.5. The fourth-order valence-corrected chi connectivity index (χ4v) is 5.04. The lowest BCUT2D eigenvalue weighted by Gasteiger charge is -2.56. The number of carboxylic acid groups (broad SMARTS) is 1. The number of hydrogen-bond acceptors (Lipinski definition) is 6. The van der Waals surface area contributed by atoms with Crippen LogP contribution in [-0.4, -0.2) is 38.7 Å². The smallest absolute Gasteiger partial charge is 0.356 e. The van der Waals surface area contributed by atoms with Gasteiger partial charge in [-0.1, -0.05) is 18.0 Å². The van der Waals surface area contributed by atoms with E-state index in [0.29, 0.717) is 22.4 Å². The van der Waals surface area contributed by atoms with E-state index in [1.807, 2.05) is 0 Å². The van der Waals surface area contributed by atoms with E-state index in [1.165, 1.54) is 48.1 Å². The van der Waals surface area contributed by atoms with Crippen molar-refractivity contribution in [1.29, 1.82) is 0 Å². The molecule has 8 nitrogen and oxygen atoms in total. The Morgan fingerprint density at radius 3 is 2.64 bits per heavy atom. The van der Waals surface area contributed by atoms with Crippen LogP contribution in [0.4, 0.5) is 16.0 Å². The van der Waals surface area contributed by atoms with Crippen molar-refractivity contribution in [3.05, 3.63) is 56.8 Å². The van der Waals surface area contributed by atoms with Crippen molar-refractivity contribution >= 4 is 40.1 Å². The zero-order chi connectivity index (χ0) is 23.5. The summed E-state index contributed by atoms with van der Waals surface area (Å²) in [5.74, 6) is -1.25. The van der Waals surface area contributed by atoms with Crippen LogP contribution in [0.1, 0.15) is 48.3 Å². The fraction of sp³-hybridized carbons (Fsp3) is 0.391. The maximum Gasteiger partial charge on any atom is 0.356 e. The summed E-state index contributed by atoms with van der Waals surface area (Å²) in [5, 5.41) is 12.8. The molecule has 5 rings (SSSR count). The molecule has 0 unspecified atom stereocenters. The number of nitrogens with zero attached hydrogens (tertiary/aromatic N) is 4. The van der Waals surface area contributed by atoms with E-state index < -0.39 is 17.8 Å². The minimum Gasteiger partial charge on any atom is -0.476 e. The summed E-state index contributed by atoms with van der Waals surface area (Å²) in [5.41, 5.74) is 0.859. The van der Waals surface area contributed by atoms with Crippen LogP contribution < -0.4 is 15.8 Å². The van der Waals surface area contributed by atoms with Gasteiger partial charge in [-0.3, -0.25) is 9.36 Å². The van der Waals surface area contributed by atoms with Crippen molar-refractivity contribution in [2.45, 2.75) is 32.2 Å². The minimum atomic E-state index is -1.24. The zero-order valence-corrected chi connectivity index (χ0v) is 19.0. The Bertz CT molecular complexity index is 1350. The van der Waals surface area contributed by atoms with Crippen LogP contribution in [0.25, 0.3) is 10.9 Å². The first-order valence-corrected chi connectivity index (χ1v) is 11.2. The number of nitrogens with one attached hydrogen (secondary N) is 1. The van der Waals surface area contributed by atoms with Gasteiger partial charge in [0, 0.05) is 31.1 Å². The molecule has 2 fully saturated rings. The number of halogens is 2. The highest BCUT2D eigenvalue weighted by molar-refractivity contribution is 6.29. The van der Waals surface area contributed by atoms with E-state index in [0.717, 1.165) is 13.1 Å². The first-order chi connectivity index (χ1) is 15.7. The molecule has 1 spiro atoms. The van der Waals surface area contributed by atoms with E-state index in [9.17, 15) is 19.1 Å². The number of carbonyl (C=O) groups is 1. The van der Waals surface area contributed by atoms with Crippen LogP contribution in [0.15, 0.2) is 29.1 Å². The number of carboxylic acids is 1. The second kappa shape index (κ2) is 7.69. The molecule has 1 aliphatic heterocycles. The molecular weight excluding hydrogens is 449 g/mol. The van der Waals surface area contributed by atoms with Gasteiger partial charge in [-0.25, -0.2) is 19.2 Å². The Labute approximate surface area is 194 Å². The second-order valence-electron chi connectivity index (χ2n) is 9.08. The number of anilines is 2. The Kier molecular flexibility index (Phi) is 5.04. The van der Waals surface area contributed by atoms with Gasteiger partial charge in [-0.05, 0) is 44.0 Å². The van der Waals surface area contributed by atoms with Crippen molar-refractivity contribution in [3.63, 3.8) is 0 Å². The molecule has 0 radical (unpaired) electrons. The SMILES string of the molecule is C[C@H](Nc1ccc(Cl)nc1C(=O)O)c1cc(F)cc2c(=O)n(C)c(N3CC4(CCC4)C3)nc12. The summed E-state index contributed by atoms with van der Waals surface area (Å²) in [6.45, 7) is 3.48. The standard InChI is InChI=1S/C23H23ClFN5O3/c1-12(26-16-4-5-17(24)27-19(16)21(32)33)14-8-13(25)9-15-18(14)28-22(29(2)20(15)31)30-10-23(11-30)6-3-7-23/h4-5,8-9,12,26H,3,6-7,10-11H2,1-2H3,(H,32,33)/t12-/m0/s1. The average molecular weight is 472 g/mol. The van der Waals surface area contributed by atoms with E-state index in [-0.39, 0.29) is 27.5 Å². The van der Waals surface area contributed by atoms with Gasteiger partial charge in [0.15, 0.2) is 5.69 Å². The van der Waals surface area contributed by atoms with Gasteiger partial charge < -0.3 is 15.3 Å². The van der Waals surface area contributed by atoms with Crippen molar-refractivity contribution in [3.8, 4) is 0 Å². The molecule has 3 heterocycles. The third-order valence-electron chi connectivity index (χ3n) is 6.80. The topological polar surface area (TPSA) is 100 Å². The van der Waals surface area contributed by atoms with E-state index >= 15 is 0 Å². The lowest BCUT2D eigenvalue weighted by atomic mass is 9.64. The van der Waals surface area contributed by atoms with Crippen molar-refractivity contribution < 1.29 is 14.3 Å². The quantitative estimate of drug-likeness (QED) is 0.543. The molecule has 172 valence electrons. The number of rotatable bonds is 5. The molecule has 1 atom stereocenters. The third-order valence-corrected chi connectivity index (χ3v) is 7.01. The lowest BCUT2D eigenvalue weighted by molar-refractivity contribution is 0.0691. The first kappa shape index (κ1) is 21.6. The molecular formula is C23H23ClFN5O3. The molecule has 1 saturated heterocycles. The maximum atomic E-state index is 14.5. The molecule has 1 saturated carbocycles. The van der Waals surface area contributed by atoms with Crippen LogP contribution in [0, 0.1) is 11.2 Å². The molecule has 2 aromatic heterocycles. The summed E-state index contributed by atoms with van der Waals surface area (Å²) < 4.78 is 16.0. The number of aromatic nitrogens is 3. The number of pyridine rings is 1. The summed E-state index contributed by atoms with van der Waals surface area (Å²) >= 11 is 5.84. The number of aromatic carboxylic acids is 1. The van der Waals surface area contributed by atoms with Crippen LogP contribution in [0.3, 0.4) is 0 Å². The summed E-state index contributed by atoms with van der Waals surface area (Å²) in [6, 6.07) is 4.93. The van der Waals surface area contributed by atoms with Gasteiger partial charge in [0.2, 0.25) is 5.95 Å². The minimum absolute atomic E-state index is 0.0513. The normalized spacial score (nSPS) is 17.5. The largest absolute Gasteiger partial charge is 0.476 e. The molecule has 10 heteroatoms. The molecule has 0 amide bonds. The van der Waals surface area contributed by atoms with Crippen LogP contribution >= 0.6 is 11.6 Å². The second-order valence-corrected chi connectivity index (χ2v) is 9.47. The van der Waals surface area contributed by atoms with E-state index in [2.05, 4.69) is 15.2 Å². The highest BCUT2D eigenvalue weighted by atomic mass is 35.5. The lowest BCUT2D eigenvalue weighted by Crippen LogP contribution is -2.61. The molecule has 2 N–H and O–H groups in total. The van der Waals surface area contributed by atoms with Gasteiger partial charge in [0.1, 0.15) is 11.0 Å². The Hall–Kier alpha value is -3.20.